The van der Waals surface area contributed by atoms with Gasteiger partial charge in [0.15, 0.2) is 0 Å². The molecule has 0 aliphatic carbocycles. The molecule has 0 bridgehead atoms. The number of ketones is 1. The molecule has 0 aliphatic heterocycles. The van der Waals surface area contributed by atoms with E-state index in [1.54, 1.807) is 0 Å². The van der Waals surface area contributed by atoms with Crippen LogP contribution in [0, 0.1) is 12.7 Å². The third kappa shape index (κ3) is 1.88. The Morgan fingerprint density at radius 2 is 2.00 bits per heavy atom. The third-order valence-corrected chi connectivity index (χ3v) is 2.29. The van der Waals surface area contributed by atoms with E-state index in [1.807, 2.05) is 0 Å². The normalized spacial score (nSPS) is 12.1. The highest BCUT2D eigenvalue weighted by Crippen LogP contribution is 2.23. The van der Waals surface area contributed by atoms with Crippen LogP contribution in [0.3, 0.4) is 0 Å². The number of rotatable bonds is 1. The van der Waals surface area contributed by atoms with Gasteiger partial charge in [-0.2, -0.15) is 13.2 Å². The Morgan fingerprint density at radius 1 is 1.35 bits per heavy atom. The Bertz CT molecular complexity index is 600. The smallest absolute Gasteiger partial charge is 0.301 e. The number of hydrogen-bond acceptors (Lipinski definition) is 2. The lowest BCUT2D eigenvalue weighted by molar-refractivity contribution is -0.0888. The van der Waals surface area contributed by atoms with Gasteiger partial charge in [0.05, 0.1) is 5.69 Å². The summed E-state index contributed by atoms with van der Waals surface area (Å²) in [5.74, 6) is -2.65. The van der Waals surface area contributed by atoms with E-state index >= 15 is 0 Å². The van der Waals surface area contributed by atoms with Gasteiger partial charge in [0, 0.05) is 6.20 Å². The van der Waals surface area contributed by atoms with E-state index in [2.05, 4.69) is 4.98 Å². The number of imidazole rings is 1. The molecule has 0 N–H and O–H groups in total. The van der Waals surface area contributed by atoms with Crippen molar-refractivity contribution in [2.75, 3.05) is 0 Å². The van der Waals surface area contributed by atoms with Crippen LogP contribution in [0.15, 0.2) is 18.3 Å². The maximum absolute atomic E-state index is 12.9. The van der Waals surface area contributed by atoms with Crippen molar-refractivity contribution in [2.24, 2.45) is 0 Å². The molecule has 0 spiro atoms. The summed E-state index contributed by atoms with van der Waals surface area (Å²) >= 11 is 0. The second-order valence-corrected chi connectivity index (χ2v) is 3.45. The van der Waals surface area contributed by atoms with Gasteiger partial charge in [-0.15, -0.1) is 0 Å². The van der Waals surface area contributed by atoms with Crippen molar-refractivity contribution in [2.45, 2.75) is 13.1 Å². The zero-order chi connectivity index (χ0) is 12.8. The van der Waals surface area contributed by atoms with Crippen molar-refractivity contribution in [3.63, 3.8) is 0 Å². The van der Waals surface area contributed by atoms with Gasteiger partial charge >= 0.3 is 6.18 Å². The predicted octanol–water partition coefficient (Wildman–Crippen LogP) is 2.53. The Labute approximate surface area is 92.7 Å². The monoisotopic (exact) mass is 246 g/mol. The predicted molar refractivity (Wildman–Crippen MR) is 50.3 cm³/mol. The Morgan fingerprint density at radius 3 is 2.59 bits per heavy atom. The molecule has 0 aliphatic rings. The molecule has 2 aromatic heterocycles. The van der Waals surface area contributed by atoms with Gasteiger partial charge in [0.25, 0.3) is 5.78 Å². The van der Waals surface area contributed by atoms with Crippen molar-refractivity contribution >= 4 is 11.4 Å². The average molecular weight is 246 g/mol. The molecular formula is C10H6F4N2O. The van der Waals surface area contributed by atoms with Crippen molar-refractivity contribution in [1.82, 2.24) is 9.38 Å². The molecular weight excluding hydrogens is 240 g/mol. The number of carbonyl (C=O) groups is 1. The Kier molecular flexibility index (Phi) is 2.41. The highest BCUT2D eigenvalue weighted by atomic mass is 19.4. The summed E-state index contributed by atoms with van der Waals surface area (Å²) in [6, 6.07) is 2.26. The van der Waals surface area contributed by atoms with Gasteiger partial charge < -0.3 is 4.40 Å². The number of fused-ring (bicyclic) bond motifs is 1. The molecule has 0 atom stereocenters. The van der Waals surface area contributed by atoms with Crippen molar-refractivity contribution < 1.29 is 22.4 Å². The fourth-order valence-corrected chi connectivity index (χ4v) is 1.49. The first-order chi connectivity index (χ1) is 7.80. The first-order valence-corrected chi connectivity index (χ1v) is 4.56. The lowest BCUT2D eigenvalue weighted by Crippen LogP contribution is -2.23. The topological polar surface area (TPSA) is 34.4 Å². The number of nitrogens with zero attached hydrogens (tertiary/aromatic N) is 2. The molecule has 17 heavy (non-hydrogen) atoms. The lowest BCUT2D eigenvalue weighted by atomic mass is 10.2. The average Bonchev–Trinajstić information content (AvgIpc) is 2.54. The fourth-order valence-electron chi connectivity index (χ4n) is 1.49. The number of alkyl halides is 3. The summed E-state index contributed by atoms with van der Waals surface area (Å²) in [7, 11) is 0. The SMILES string of the molecule is Cc1c(C(=O)C(F)(F)F)nc2ccc(F)cn12. The number of hydrogen-bond donors (Lipinski definition) is 0. The van der Waals surface area contributed by atoms with Gasteiger partial charge in [-0.05, 0) is 19.1 Å². The molecule has 90 valence electrons. The van der Waals surface area contributed by atoms with Gasteiger partial charge in [0.2, 0.25) is 0 Å². The van der Waals surface area contributed by atoms with Crippen molar-refractivity contribution in [3.05, 3.63) is 35.5 Å². The standard InChI is InChI=1S/C10H6F4N2O/c1-5-8(9(17)10(12,13)14)15-7-3-2-6(11)4-16(5)7/h2-4H,1H3. The second-order valence-electron chi connectivity index (χ2n) is 3.45. The van der Waals surface area contributed by atoms with E-state index in [0.717, 1.165) is 16.7 Å². The summed E-state index contributed by atoms with van der Waals surface area (Å²) in [6.07, 6.45) is -4.01. The van der Waals surface area contributed by atoms with E-state index in [9.17, 15) is 22.4 Å². The largest absolute Gasteiger partial charge is 0.456 e. The maximum atomic E-state index is 12.9. The van der Waals surface area contributed by atoms with E-state index in [1.165, 1.54) is 13.0 Å². The molecule has 0 saturated heterocycles. The van der Waals surface area contributed by atoms with Crippen molar-refractivity contribution in [3.8, 4) is 0 Å². The number of aryl methyl sites for hydroxylation is 1. The molecule has 7 heteroatoms. The number of Topliss-reactive ketones (excluding diaryl/α,β-unsaturated/α-hetero) is 1. The molecule has 2 heterocycles. The summed E-state index contributed by atoms with van der Waals surface area (Å²) in [6.45, 7) is 1.28. The first kappa shape index (κ1) is 11.6. The van der Waals surface area contributed by atoms with E-state index in [-0.39, 0.29) is 11.3 Å². The fraction of sp³-hybridized carbons (Fsp3) is 0.200. The van der Waals surface area contributed by atoms with Crippen LogP contribution in [0.5, 0.6) is 0 Å². The molecule has 0 fully saturated rings. The minimum Gasteiger partial charge on any atom is -0.301 e. The molecule has 2 aromatic rings. The number of pyridine rings is 1. The number of halogens is 4. The van der Waals surface area contributed by atoms with Gasteiger partial charge in [-0.3, -0.25) is 4.79 Å². The lowest BCUT2D eigenvalue weighted by Gasteiger charge is -2.02. The van der Waals surface area contributed by atoms with Crippen LogP contribution < -0.4 is 0 Å². The van der Waals surface area contributed by atoms with Crippen LogP contribution in [0.4, 0.5) is 17.6 Å². The van der Waals surface area contributed by atoms with Gasteiger partial charge in [-0.25, -0.2) is 9.37 Å². The van der Waals surface area contributed by atoms with Gasteiger partial charge in [-0.1, -0.05) is 0 Å². The van der Waals surface area contributed by atoms with Crippen LogP contribution in [-0.2, 0) is 0 Å². The van der Waals surface area contributed by atoms with E-state index in [4.69, 9.17) is 0 Å². The molecule has 0 unspecified atom stereocenters. The van der Waals surface area contributed by atoms with Gasteiger partial charge in [0.1, 0.15) is 17.2 Å². The summed E-state index contributed by atoms with van der Waals surface area (Å²) < 4.78 is 50.8. The summed E-state index contributed by atoms with van der Waals surface area (Å²) in [5.41, 5.74) is -0.651. The maximum Gasteiger partial charge on any atom is 0.456 e. The quantitative estimate of drug-likeness (QED) is 0.572. The van der Waals surface area contributed by atoms with Crippen LogP contribution in [-0.4, -0.2) is 21.3 Å². The number of carbonyl (C=O) groups excluding carboxylic acids is 1. The molecule has 3 nitrogen and oxygen atoms in total. The Balaban J connectivity index is 2.65. The molecule has 2 rings (SSSR count). The molecule has 0 aromatic carbocycles. The number of aromatic nitrogens is 2. The summed E-state index contributed by atoms with van der Waals surface area (Å²) in [5, 5.41) is 0. The second kappa shape index (κ2) is 3.54. The minimum absolute atomic E-state index is 0.0400. The highest BCUT2D eigenvalue weighted by molar-refractivity contribution is 6.00. The highest BCUT2D eigenvalue weighted by Gasteiger charge is 2.41. The zero-order valence-electron chi connectivity index (χ0n) is 8.55. The zero-order valence-corrected chi connectivity index (χ0v) is 8.55. The third-order valence-electron chi connectivity index (χ3n) is 2.29. The van der Waals surface area contributed by atoms with E-state index < -0.39 is 23.5 Å². The van der Waals surface area contributed by atoms with Crippen LogP contribution in [0.1, 0.15) is 16.2 Å². The molecule has 0 radical (unpaired) electrons. The molecule has 0 saturated carbocycles. The van der Waals surface area contributed by atoms with Crippen LogP contribution in [0.25, 0.3) is 5.65 Å². The summed E-state index contributed by atoms with van der Waals surface area (Å²) in [4.78, 5) is 14.6. The van der Waals surface area contributed by atoms with Crippen LogP contribution in [0.2, 0.25) is 0 Å². The van der Waals surface area contributed by atoms with Crippen molar-refractivity contribution in [1.29, 1.82) is 0 Å². The van der Waals surface area contributed by atoms with Crippen LogP contribution >= 0.6 is 0 Å². The molecule has 0 amide bonds. The minimum atomic E-state index is -4.98. The Hall–Kier alpha value is -1.92. The first-order valence-electron chi connectivity index (χ1n) is 4.56. The van der Waals surface area contributed by atoms with E-state index in [0.29, 0.717) is 0 Å².